The van der Waals surface area contributed by atoms with Crippen molar-refractivity contribution in [2.75, 3.05) is 28.2 Å². The maximum Gasteiger partial charge on any atom is 0.247 e. The summed E-state index contributed by atoms with van der Waals surface area (Å²) >= 11 is 0. The minimum Gasteiger partial charge on any atom is -0.372 e. The number of piperidine rings is 1. The largest absolute Gasteiger partial charge is 0.372 e. The number of carbonyl (C=O) groups excluding carboxylic acids is 2. The minimum atomic E-state index is -0.457. The maximum absolute atomic E-state index is 12.8. The fraction of sp³-hybridized carbons (Fsp3) is 0.364. The van der Waals surface area contributed by atoms with Gasteiger partial charge in [0.25, 0.3) is 0 Å². The third-order valence-corrected chi connectivity index (χ3v) is 5.41. The van der Waals surface area contributed by atoms with Gasteiger partial charge in [-0.1, -0.05) is 18.2 Å². The van der Waals surface area contributed by atoms with Gasteiger partial charge in [0.1, 0.15) is 6.04 Å². The van der Waals surface area contributed by atoms with Crippen molar-refractivity contribution in [1.82, 2.24) is 0 Å². The summed E-state index contributed by atoms with van der Waals surface area (Å²) in [6, 6.07) is 17.0. The Balaban J connectivity index is 1.44. The van der Waals surface area contributed by atoms with Gasteiger partial charge in [0.15, 0.2) is 0 Å². The van der Waals surface area contributed by atoms with E-state index >= 15 is 0 Å². The SMILES string of the molecule is O=C(Nc1ccc(N2CCCCC2)cc1)C1CCC(=O)N1c1ccccc1. The van der Waals surface area contributed by atoms with Crippen LogP contribution in [0.5, 0.6) is 0 Å². The molecule has 2 saturated heterocycles. The van der Waals surface area contributed by atoms with E-state index in [-0.39, 0.29) is 11.8 Å². The molecule has 5 nitrogen and oxygen atoms in total. The second kappa shape index (κ2) is 7.82. The van der Waals surface area contributed by atoms with Gasteiger partial charge in [-0.2, -0.15) is 0 Å². The summed E-state index contributed by atoms with van der Waals surface area (Å²) in [5.41, 5.74) is 2.75. The van der Waals surface area contributed by atoms with E-state index < -0.39 is 6.04 Å². The lowest BCUT2D eigenvalue weighted by atomic mass is 10.1. The number of nitrogens with zero attached hydrogens (tertiary/aromatic N) is 2. The van der Waals surface area contributed by atoms with E-state index in [0.717, 1.165) is 24.5 Å². The van der Waals surface area contributed by atoms with Crippen LogP contribution in [0.4, 0.5) is 17.1 Å². The van der Waals surface area contributed by atoms with Crippen LogP contribution in [0.3, 0.4) is 0 Å². The summed E-state index contributed by atoms with van der Waals surface area (Å²) in [6.07, 6.45) is 4.74. The van der Waals surface area contributed by atoms with Crippen molar-refractivity contribution in [2.45, 2.75) is 38.1 Å². The number of carbonyl (C=O) groups is 2. The Kier molecular flexibility index (Phi) is 5.10. The van der Waals surface area contributed by atoms with Crippen LogP contribution in [0.25, 0.3) is 0 Å². The van der Waals surface area contributed by atoms with Gasteiger partial charge in [0, 0.05) is 36.6 Å². The van der Waals surface area contributed by atoms with Crippen molar-refractivity contribution in [3.8, 4) is 0 Å². The highest BCUT2D eigenvalue weighted by atomic mass is 16.2. The van der Waals surface area contributed by atoms with Crippen LogP contribution in [-0.2, 0) is 9.59 Å². The molecular formula is C22H25N3O2. The molecule has 27 heavy (non-hydrogen) atoms. The molecule has 2 aromatic rings. The predicted octanol–water partition coefficient (Wildman–Crippen LogP) is 3.81. The number of rotatable bonds is 4. The van der Waals surface area contributed by atoms with Crippen LogP contribution in [0.15, 0.2) is 54.6 Å². The molecule has 2 aliphatic rings. The van der Waals surface area contributed by atoms with Gasteiger partial charge in [-0.25, -0.2) is 0 Å². The van der Waals surface area contributed by atoms with Crippen molar-refractivity contribution < 1.29 is 9.59 Å². The summed E-state index contributed by atoms with van der Waals surface area (Å²) < 4.78 is 0. The first-order chi connectivity index (χ1) is 13.2. The molecule has 1 N–H and O–H groups in total. The van der Waals surface area contributed by atoms with Crippen molar-refractivity contribution in [3.05, 3.63) is 54.6 Å². The first-order valence-electron chi connectivity index (χ1n) is 9.75. The van der Waals surface area contributed by atoms with Crippen molar-refractivity contribution >= 4 is 28.9 Å². The van der Waals surface area contributed by atoms with Gasteiger partial charge in [0.2, 0.25) is 11.8 Å². The van der Waals surface area contributed by atoms with Gasteiger partial charge in [-0.3, -0.25) is 14.5 Å². The van der Waals surface area contributed by atoms with Crippen LogP contribution in [-0.4, -0.2) is 30.9 Å². The fourth-order valence-electron chi connectivity index (χ4n) is 3.98. The molecule has 2 amide bonds. The molecule has 0 aliphatic carbocycles. The first-order valence-corrected chi connectivity index (χ1v) is 9.75. The van der Waals surface area contributed by atoms with E-state index in [4.69, 9.17) is 0 Å². The molecule has 1 unspecified atom stereocenters. The summed E-state index contributed by atoms with van der Waals surface area (Å²) in [5.74, 6) is -0.128. The molecule has 0 spiro atoms. The quantitative estimate of drug-likeness (QED) is 0.899. The Morgan fingerprint density at radius 3 is 2.30 bits per heavy atom. The topological polar surface area (TPSA) is 52.7 Å². The highest BCUT2D eigenvalue weighted by molar-refractivity contribution is 6.07. The Morgan fingerprint density at radius 2 is 1.59 bits per heavy atom. The Labute approximate surface area is 160 Å². The Morgan fingerprint density at radius 1 is 0.889 bits per heavy atom. The van der Waals surface area contributed by atoms with Crippen LogP contribution < -0.4 is 15.1 Å². The zero-order valence-electron chi connectivity index (χ0n) is 15.4. The summed E-state index contributed by atoms with van der Waals surface area (Å²) in [5, 5.41) is 2.98. The molecule has 2 aliphatic heterocycles. The molecule has 0 radical (unpaired) electrons. The minimum absolute atomic E-state index is 0.00166. The Bertz CT molecular complexity index is 798. The molecule has 4 rings (SSSR count). The molecule has 0 bridgehead atoms. The van der Waals surface area contributed by atoms with E-state index in [0.29, 0.717) is 12.8 Å². The smallest absolute Gasteiger partial charge is 0.247 e. The molecule has 2 fully saturated rings. The number of para-hydroxylation sites is 1. The lowest BCUT2D eigenvalue weighted by Crippen LogP contribution is -2.41. The van der Waals surface area contributed by atoms with E-state index in [1.165, 1.54) is 24.9 Å². The number of nitrogens with one attached hydrogen (secondary N) is 1. The Hall–Kier alpha value is -2.82. The lowest BCUT2D eigenvalue weighted by molar-refractivity contribution is -0.120. The second-order valence-electron chi connectivity index (χ2n) is 7.24. The van der Waals surface area contributed by atoms with Gasteiger partial charge in [-0.15, -0.1) is 0 Å². The molecular weight excluding hydrogens is 338 g/mol. The molecule has 5 heteroatoms. The number of benzene rings is 2. The third kappa shape index (κ3) is 3.82. The molecule has 1 atom stereocenters. The zero-order chi connectivity index (χ0) is 18.6. The van der Waals surface area contributed by atoms with Crippen molar-refractivity contribution in [1.29, 1.82) is 0 Å². The monoisotopic (exact) mass is 363 g/mol. The van der Waals surface area contributed by atoms with Crippen LogP contribution in [0.1, 0.15) is 32.1 Å². The van der Waals surface area contributed by atoms with Crippen molar-refractivity contribution in [3.63, 3.8) is 0 Å². The summed E-state index contributed by atoms with van der Waals surface area (Å²) in [4.78, 5) is 29.1. The molecule has 140 valence electrons. The van der Waals surface area contributed by atoms with E-state index in [1.807, 2.05) is 42.5 Å². The summed E-state index contributed by atoms with van der Waals surface area (Å²) in [6.45, 7) is 2.20. The number of hydrogen-bond donors (Lipinski definition) is 1. The van der Waals surface area contributed by atoms with Gasteiger partial charge >= 0.3 is 0 Å². The van der Waals surface area contributed by atoms with Gasteiger partial charge < -0.3 is 10.2 Å². The number of amides is 2. The number of hydrogen-bond acceptors (Lipinski definition) is 3. The van der Waals surface area contributed by atoms with E-state index in [2.05, 4.69) is 22.3 Å². The average molecular weight is 363 g/mol. The maximum atomic E-state index is 12.8. The normalized spacial score (nSPS) is 20.0. The van der Waals surface area contributed by atoms with Crippen LogP contribution >= 0.6 is 0 Å². The third-order valence-electron chi connectivity index (χ3n) is 5.41. The van der Waals surface area contributed by atoms with Crippen molar-refractivity contribution in [2.24, 2.45) is 0 Å². The molecule has 0 saturated carbocycles. The average Bonchev–Trinajstić information content (AvgIpc) is 3.11. The van der Waals surface area contributed by atoms with E-state index in [9.17, 15) is 9.59 Å². The molecule has 2 heterocycles. The highest BCUT2D eigenvalue weighted by Crippen LogP contribution is 2.28. The van der Waals surface area contributed by atoms with Gasteiger partial charge in [0.05, 0.1) is 0 Å². The first kappa shape index (κ1) is 17.6. The molecule has 2 aromatic carbocycles. The van der Waals surface area contributed by atoms with Crippen LogP contribution in [0.2, 0.25) is 0 Å². The molecule has 0 aromatic heterocycles. The standard InChI is InChI=1S/C22H25N3O2/c26-21-14-13-20(25(21)19-7-3-1-4-8-19)22(27)23-17-9-11-18(12-10-17)24-15-5-2-6-16-24/h1,3-4,7-12,20H,2,5-6,13-16H2,(H,23,27). The van der Waals surface area contributed by atoms with E-state index in [1.54, 1.807) is 4.90 Å². The van der Waals surface area contributed by atoms with Crippen LogP contribution in [0, 0.1) is 0 Å². The van der Waals surface area contributed by atoms with Gasteiger partial charge in [-0.05, 0) is 62.1 Å². The predicted molar refractivity (Wildman–Crippen MR) is 108 cm³/mol. The highest BCUT2D eigenvalue weighted by Gasteiger charge is 2.37. The number of anilines is 3. The second-order valence-corrected chi connectivity index (χ2v) is 7.24. The zero-order valence-corrected chi connectivity index (χ0v) is 15.4. The summed E-state index contributed by atoms with van der Waals surface area (Å²) in [7, 11) is 0. The lowest BCUT2D eigenvalue weighted by Gasteiger charge is -2.29. The fourth-order valence-corrected chi connectivity index (χ4v) is 3.98.